The number of hydrogen-bond acceptors (Lipinski definition) is 4. The van der Waals surface area contributed by atoms with Crippen LogP contribution in [0.4, 0.5) is 0 Å². The number of methoxy groups -OCH3 is 3. The fourth-order valence-corrected chi connectivity index (χ4v) is 2.81. The second-order valence-electron chi connectivity index (χ2n) is 6.56. The second-order valence-corrected chi connectivity index (χ2v) is 6.56. The van der Waals surface area contributed by atoms with Crippen LogP contribution in [0.25, 0.3) is 5.70 Å². The predicted octanol–water partition coefficient (Wildman–Crippen LogP) is 4.54. The Hall–Kier alpha value is -4.06. The van der Waals surface area contributed by atoms with E-state index in [-0.39, 0.29) is 0 Å². The van der Waals surface area contributed by atoms with Crippen molar-refractivity contribution in [3.8, 4) is 17.2 Å². The van der Waals surface area contributed by atoms with Crippen LogP contribution >= 0.6 is 0 Å². The van der Waals surface area contributed by atoms with Crippen molar-refractivity contribution < 1.29 is 14.2 Å². The summed E-state index contributed by atoms with van der Waals surface area (Å²) in [5.41, 5.74) is 9.24. The molecule has 158 valence electrons. The maximum Gasteiger partial charge on any atom is 0.162 e. The van der Waals surface area contributed by atoms with Crippen LogP contribution in [-0.2, 0) is 0 Å². The molecule has 0 aliphatic heterocycles. The van der Waals surface area contributed by atoms with Gasteiger partial charge >= 0.3 is 0 Å². The number of ether oxygens (including phenoxy) is 3. The van der Waals surface area contributed by atoms with E-state index in [1.807, 2.05) is 72.8 Å². The third-order valence-electron chi connectivity index (χ3n) is 4.62. The summed E-state index contributed by atoms with van der Waals surface area (Å²) in [5, 5.41) is 0. The zero-order valence-corrected chi connectivity index (χ0v) is 17.8. The van der Waals surface area contributed by atoms with E-state index in [0.717, 1.165) is 33.9 Å². The number of rotatable bonds is 7. The second kappa shape index (κ2) is 10.1. The molecule has 0 aliphatic carbocycles. The molecule has 0 unspecified atom stereocenters. The number of hydrogen-bond donors (Lipinski definition) is 1. The van der Waals surface area contributed by atoms with Crippen LogP contribution in [0.5, 0.6) is 17.2 Å². The minimum absolute atomic E-state index is 0.333. The highest BCUT2D eigenvalue weighted by Crippen LogP contribution is 2.21. The van der Waals surface area contributed by atoms with Crippen LogP contribution < -0.4 is 19.9 Å². The minimum Gasteiger partial charge on any atom is -0.497 e. The van der Waals surface area contributed by atoms with E-state index in [4.69, 9.17) is 19.9 Å². The molecule has 6 nitrogen and oxygen atoms in total. The number of nitrogens with two attached hydrogens (primary N) is 1. The lowest BCUT2D eigenvalue weighted by atomic mass is 10.1. The summed E-state index contributed by atoms with van der Waals surface area (Å²) in [5.74, 6) is 3.02. The van der Waals surface area contributed by atoms with E-state index in [0.29, 0.717) is 17.4 Å². The van der Waals surface area contributed by atoms with E-state index in [1.165, 1.54) is 0 Å². The van der Waals surface area contributed by atoms with Gasteiger partial charge in [0.1, 0.15) is 23.1 Å². The predicted molar refractivity (Wildman–Crippen MR) is 125 cm³/mol. The summed E-state index contributed by atoms with van der Waals surface area (Å²) in [7, 11) is 4.86. The smallest absolute Gasteiger partial charge is 0.162 e. The van der Waals surface area contributed by atoms with Crippen molar-refractivity contribution in [2.24, 2.45) is 15.7 Å². The molecule has 6 heteroatoms. The fourth-order valence-electron chi connectivity index (χ4n) is 2.81. The normalized spacial score (nSPS) is 11.7. The molecule has 0 amide bonds. The van der Waals surface area contributed by atoms with Crippen molar-refractivity contribution in [2.75, 3.05) is 21.3 Å². The van der Waals surface area contributed by atoms with Gasteiger partial charge in [-0.05, 0) is 78.4 Å². The quantitative estimate of drug-likeness (QED) is 0.454. The first-order chi connectivity index (χ1) is 15.0. The van der Waals surface area contributed by atoms with Gasteiger partial charge in [0.2, 0.25) is 0 Å². The molecule has 0 aromatic heterocycles. The minimum atomic E-state index is 0.333. The van der Waals surface area contributed by atoms with Gasteiger partial charge in [-0.2, -0.15) is 0 Å². The molecule has 3 aromatic rings. The molecule has 31 heavy (non-hydrogen) atoms. The molecule has 0 atom stereocenters. The van der Waals surface area contributed by atoms with E-state index in [1.54, 1.807) is 21.3 Å². The summed E-state index contributed by atoms with van der Waals surface area (Å²) >= 11 is 0. The number of aliphatic imine (C=N–C) groups is 2. The van der Waals surface area contributed by atoms with E-state index in [9.17, 15) is 0 Å². The maximum atomic E-state index is 6.29. The van der Waals surface area contributed by atoms with Gasteiger partial charge in [0.25, 0.3) is 0 Å². The largest absolute Gasteiger partial charge is 0.497 e. The highest BCUT2D eigenvalue weighted by molar-refractivity contribution is 6.12. The van der Waals surface area contributed by atoms with Crippen molar-refractivity contribution in [2.45, 2.75) is 0 Å². The Bertz CT molecular complexity index is 1080. The van der Waals surface area contributed by atoms with E-state index in [2.05, 4.69) is 16.6 Å². The summed E-state index contributed by atoms with van der Waals surface area (Å²) in [6.45, 7) is 4.10. The molecule has 2 N–H and O–H groups in total. The lowest BCUT2D eigenvalue weighted by Crippen LogP contribution is -2.16. The average molecular weight is 415 g/mol. The van der Waals surface area contributed by atoms with Crippen molar-refractivity contribution >= 4 is 17.4 Å². The van der Waals surface area contributed by atoms with Gasteiger partial charge in [-0.3, -0.25) is 0 Å². The third-order valence-corrected chi connectivity index (χ3v) is 4.62. The number of nitrogens with zero attached hydrogens (tertiary/aromatic N) is 2. The Labute approximate surface area is 182 Å². The molecule has 0 bridgehead atoms. The summed E-state index contributed by atoms with van der Waals surface area (Å²) in [4.78, 5) is 9.28. The zero-order valence-electron chi connectivity index (χ0n) is 17.8. The first kappa shape index (κ1) is 21.6. The van der Waals surface area contributed by atoms with E-state index < -0.39 is 0 Å². The van der Waals surface area contributed by atoms with Crippen LogP contribution in [0, 0.1) is 0 Å². The van der Waals surface area contributed by atoms with E-state index >= 15 is 0 Å². The van der Waals surface area contributed by atoms with Crippen molar-refractivity contribution in [1.29, 1.82) is 0 Å². The first-order valence-electron chi connectivity index (χ1n) is 9.59. The van der Waals surface area contributed by atoms with Gasteiger partial charge in [-0.1, -0.05) is 6.58 Å². The molecule has 0 radical (unpaired) electrons. The molecular formula is C25H25N3O3. The van der Waals surface area contributed by atoms with Gasteiger partial charge in [0.05, 0.1) is 27.0 Å². The maximum absolute atomic E-state index is 6.29. The Morgan fingerprint density at radius 1 is 0.613 bits per heavy atom. The van der Waals surface area contributed by atoms with Crippen LogP contribution in [0.15, 0.2) is 89.4 Å². The lowest BCUT2D eigenvalue weighted by Gasteiger charge is -2.08. The first-order valence-corrected chi connectivity index (χ1v) is 9.59. The van der Waals surface area contributed by atoms with Gasteiger partial charge in [0.15, 0.2) is 5.84 Å². The van der Waals surface area contributed by atoms with Gasteiger partial charge < -0.3 is 19.9 Å². The van der Waals surface area contributed by atoms with Crippen molar-refractivity contribution in [3.05, 3.63) is 96.1 Å². The Balaban J connectivity index is 2.00. The molecule has 0 saturated heterocycles. The summed E-state index contributed by atoms with van der Waals surface area (Å²) < 4.78 is 15.7. The fraction of sp³-hybridized carbons (Fsp3) is 0.120. The van der Waals surface area contributed by atoms with Crippen LogP contribution in [0.3, 0.4) is 0 Å². The van der Waals surface area contributed by atoms with Gasteiger partial charge in [-0.25, -0.2) is 9.98 Å². The van der Waals surface area contributed by atoms with Crippen molar-refractivity contribution in [3.63, 3.8) is 0 Å². The topological polar surface area (TPSA) is 78.4 Å². The highest BCUT2D eigenvalue weighted by Gasteiger charge is 2.08. The monoisotopic (exact) mass is 415 g/mol. The standard InChI is InChI=1S/C25H25N3O3/c1-17(18-5-11-21(29-2)12-6-18)27-25(20-9-15-23(31-4)16-10-20)28-24(26)19-7-13-22(30-3)14-8-19/h5-16H,1H2,2-4H3,(H2,26,27,28). The van der Waals surface area contributed by atoms with Crippen LogP contribution in [0.1, 0.15) is 16.7 Å². The average Bonchev–Trinajstić information content (AvgIpc) is 2.83. The van der Waals surface area contributed by atoms with Crippen LogP contribution in [0.2, 0.25) is 0 Å². The molecule has 0 spiro atoms. The van der Waals surface area contributed by atoms with Crippen LogP contribution in [-0.4, -0.2) is 33.0 Å². The SMILES string of the molecule is C=C(/N=C(\N=C(/N)c1ccc(OC)cc1)c1ccc(OC)cc1)c1ccc(OC)cc1. The molecule has 0 fully saturated rings. The Morgan fingerprint density at radius 2 is 1.00 bits per heavy atom. The highest BCUT2D eigenvalue weighted by atomic mass is 16.5. The molecule has 3 rings (SSSR count). The van der Waals surface area contributed by atoms with Crippen molar-refractivity contribution in [1.82, 2.24) is 0 Å². The molecule has 0 saturated carbocycles. The summed E-state index contributed by atoms with van der Waals surface area (Å²) in [6.07, 6.45) is 0. The number of amidine groups is 2. The Kier molecular flexibility index (Phi) is 7.06. The zero-order chi connectivity index (χ0) is 22.2. The molecule has 0 heterocycles. The summed E-state index contributed by atoms with van der Waals surface area (Å²) in [6, 6.07) is 22.3. The van der Waals surface area contributed by atoms with Gasteiger partial charge in [0, 0.05) is 11.1 Å². The lowest BCUT2D eigenvalue weighted by molar-refractivity contribution is 0.414. The molecule has 3 aromatic carbocycles. The Morgan fingerprint density at radius 3 is 1.42 bits per heavy atom. The molecule has 0 aliphatic rings. The third kappa shape index (κ3) is 5.51. The molecular weight excluding hydrogens is 390 g/mol. The van der Waals surface area contributed by atoms with Gasteiger partial charge in [-0.15, -0.1) is 0 Å². The number of benzene rings is 3.